The quantitative estimate of drug-likeness (QED) is 0.794. The molecule has 112 valence electrons. The molecule has 1 aromatic carbocycles. The van der Waals surface area contributed by atoms with Crippen LogP contribution in [0.3, 0.4) is 0 Å². The number of Topliss-reactive ketones (excluding diaryl/α,β-unsaturated/α-hetero) is 2. The van der Waals surface area contributed by atoms with E-state index in [0.29, 0.717) is 17.9 Å². The van der Waals surface area contributed by atoms with Gasteiger partial charge in [0.1, 0.15) is 11.4 Å². The molecule has 0 bridgehead atoms. The molecular formula is C18H17NO3. The second-order valence-electron chi connectivity index (χ2n) is 5.34. The number of aryl methyl sites for hydroxylation is 1. The SMILES string of the molecule is O=C(CCC(=O)c1ccccn1)c1ccc2c(c1)OCCC2. The molecule has 1 aromatic heterocycles. The summed E-state index contributed by atoms with van der Waals surface area (Å²) in [4.78, 5) is 28.2. The maximum Gasteiger partial charge on any atom is 0.181 e. The second kappa shape index (κ2) is 6.52. The zero-order chi connectivity index (χ0) is 15.4. The number of ether oxygens (including phenoxy) is 1. The van der Waals surface area contributed by atoms with Gasteiger partial charge in [0, 0.05) is 24.6 Å². The van der Waals surface area contributed by atoms with Gasteiger partial charge < -0.3 is 4.74 Å². The van der Waals surface area contributed by atoms with E-state index in [2.05, 4.69) is 4.98 Å². The van der Waals surface area contributed by atoms with E-state index < -0.39 is 0 Å². The van der Waals surface area contributed by atoms with E-state index in [1.54, 1.807) is 30.5 Å². The lowest BCUT2D eigenvalue weighted by molar-refractivity contribution is 0.0914. The van der Waals surface area contributed by atoms with Gasteiger partial charge in [-0.1, -0.05) is 18.2 Å². The van der Waals surface area contributed by atoms with Crippen LogP contribution in [0.25, 0.3) is 0 Å². The minimum Gasteiger partial charge on any atom is -0.493 e. The number of hydrogen-bond donors (Lipinski definition) is 0. The molecule has 4 heteroatoms. The van der Waals surface area contributed by atoms with Gasteiger partial charge in [-0.3, -0.25) is 14.6 Å². The number of carbonyl (C=O) groups is 2. The van der Waals surface area contributed by atoms with Gasteiger partial charge in [-0.25, -0.2) is 0 Å². The number of rotatable bonds is 5. The molecule has 0 N–H and O–H groups in total. The van der Waals surface area contributed by atoms with Gasteiger partial charge in [-0.15, -0.1) is 0 Å². The van der Waals surface area contributed by atoms with Crippen molar-refractivity contribution >= 4 is 11.6 Å². The summed E-state index contributed by atoms with van der Waals surface area (Å²) in [6.45, 7) is 0.697. The third-order valence-corrected chi connectivity index (χ3v) is 3.77. The van der Waals surface area contributed by atoms with Crippen LogP contribution in [-0.4, -0.2) is 23.2 Å². The number of ketones is 2. The van der Waals surface area contributed by atoms with E-state index in [0.717, 1.165) is 24.2 Å². The van der Waals surface area contributed by atoms with Crippen molar-refractivity contribution in [1.29, 1.82) is 0 Å². The predicted molar refractivity (Wildman–Crippen MR) is 82.4 cm³/mol. The van der Waals surface area contributed by atoms with E-state index in [4.69, 9.17) is 4.74 Å². The van der Waals surface area contributed by atoms with E-state index in [1.165, 1.54) is 0 Å². The highest BCUT2D eigenvalue weighted by molar-refractivity contribution is 6.01. The third kappa shape index (κ3) is 3.22. The van der Waals surface area contributed by atoms with Crippen LogP contribution in [0.1, 0.15) is 45.7 Å². The Bertz CT molecular complexity index is 695. The highest BCUT2D eigenvalue weighted by atomic mass is 16.5. The van der Waals surface area contributed by atoms with Crippen LogP contribution in [0, 0.1) is 0 Å². The molecule has 0 atom stereocenters. The maximum atomic E-state index is 12.2. The lowest BCUT2D eigenvalue weighted by atomic mass is 9.99. The number of pyridine rings is 1. The predicted octanol–water partition coefficient (Wildman–Crippen LogP) is 3.25. The molecule has 1 aliphatic heterocycles. The summed E-state index contributed by atoms with van der Waals surface area (Å²) in [6, 6.07) is 10.8. The Kier molecular flexibility index (Phi) is 4.28. The van der Waals surface area contributed by atoms with Crippen LogP contribution < -0.4 is 4.74 Å². The van der Waals surface area contributed by atoms with Crippen molar-refractivity contribution in [3.05, 3.63) is 59.4 Å². The second-order valence-corrected chi connectivity index (χ2v) is 5.34. The normalized spacial score (nSPS) is 13.1. The minimum atomic E-state index is -0.108. The smallest absolute Gasteiger partial charge is 0.181 e. The summed E-state index contributed by atoms with van der Waals surface area (Å²) >= 11 is 0. The Labute approximate surface area is 129 Å². The molecule has 2 heterocycles. The van der Waals surface area contributed by atoms with Gasteiger partial charge in [0.25, 0.3) is 0 Å². The molecule has 0 radical (unpaired) electrons. The first-order valence-corrected chi connectivity index (χ1v) is 7.47. The fourth-order valence-electron chi connectivity index (χ4n) is 2.54. The zero-order valence-electron chi connectivity index (χ0n) is 12.2. The molecule has 2 aromatic rings. The van der Waals surface area contributed by atoms with Crippen LogP contribution in [0.2, 0.25) is 0 Å². The van der Waals surface area contributed by atoms with Crippen molar-refractivity contribution in [2.75, 3.05) is 6.61 Å². The molecule has 3 rings (SSSR count). The molecular weight excluding hydrogens is 278 g/mol. The Morgan fingerprint density at radius 3 is 2.77 bits per heavy atom. The molecule has 1 aliphatic rings. The number of hydrogen-bond acceptors (Lipinski definition) is 4. The summed E-state index contributed by atoms with van der Waals surface area (Å²) < 4.78 is 5.58. The first kappa shape index (κ1) is 14.4. The van der Waals surface area contributed by atoms with Gasteiger partial charge in [0.15, 0.2) is 11.6 Å². The summed E-state index contributed by atoms with van der Waals surface area (Å²) in [5.74, 6) is 0.651. The topological polar surface area (TPSA) is 56.3 Å². The van der Waals surface area contributed by atoms with Gasteiger partial charge in [0.05, 0.1) is 6.61 Å². The number of benzene rings is 1. The summed E-state index contributed by atoms with van der Waals surface area (Å²) in [5, 5.41) is 0. The van der Waals surface area contributed by atoms with Crippen LogP contribution >= 0.6 is 0 Å². The molecule has 0 fully saturated rings. The van der Waals surface area contributed by atoms with Crippen LogP contribution in [-0.2, 0) is 6.42 Å². The Balaban J connectivity index is 1.64. The number of nitrogens with zero attached hydrogens (tertiary/aromatic N) is 1. The number of aromatic nitrogens is 1. The van der Waals surface area contributed by atoms with E-state index in [-0.39, 0.29) is 24.4 Å². The number of fused-ring (bicyclic) bond motifs is 1. The average molecular weight is 295 g/mol. The van der Waals surface area contributed by atoms with Gasteiger partial charge in [-0.05, 0) is 36.6 Å². The maximum absolute atomic E-state index is 12.2. The lowest BCUT2D eigenvalue weighted by Crippen LogP contribution is -2.10. The molecule has 22 heavy (non-hydrogen) atoms. The van der Waals surface area contributed by atoms with E-state index in [1.807, 2.05) is 12.1 Å². The Morgan fingerprint density at radius 2 is 1.95 bits per heavy atom. The Hall–Kier alpha value is -2.49. The third-order valence-electron chi connectivity index (χ3n) is 3.77. The van der Waals surface area contributed by atoms with E-state index >= 15 is 0 Å². The van der Waals surface area contributed by atoms with Crippen molar-refractivity contribution in [1.82, 2.24) is 4.98 Å². The Morgan fingerprint density at radius 1 is 1.09 bits per heavy atom. The fourth-order valence-corrected chi connectivity index (χ4v) is 2.54. The van der Waals surface area contributed by atoms with Gasteiger partial charge >= 0.3 is 0 Å². The highest BCUT2D eigenvalue weighted by Crippen LogP contribution is 2.26. The van der Waals surface area contributed by atoms with Crippen molar-refractivity contribution in [2.24, 2.45) is 0 Å². The van der Waals surface area contributed by atoms with E-state index in [9.17, 15) is 9.59 Å². The molecule has 4 nitrogen and oxygen atoms in total. The summed E-state index contributed by atoms with van der Waals surface area (Å²) in [7, 11) is 0. The standard InChI is InChI=1S/C18H17NO3/c20-16(8-9-17(21)15-5-1-2-10-19-15)14-7-6-13-4-3-11-22-18(13)12-14/h1-2,5-7,10,12H,3-4,8-9,11H2. The molecule has 0 aliphatic carbocycles. The summed E-state index contributed by atoms with van der Waals surface area (Å²) in [6.07, 6.45) is 3.94. The van der Waals surface area contributed by atoms with Crippen LogP contribution in [0.5, 0.6) is 5.75 Å². The molecule has 0 amide bonds. The van der Waals surface area contributed by atoms with Crippen LogP contribution in [0.15, 0.2) is 42.6 Å². The molecule has 0 spiro atoms. The number of carbonyl (C=O) groups excluding carboxylic acids is 2. The average Bonchev–Trinajstić information content (AvgIpc) is 2.59. The van der Waals surface area contributed by atoms with Gasteiger partial charge in [0.2, 0.25) is 0 Å². The highest BCUT2D eigenvalue weighted by Gasteiger charge is 2.15. The first-order valence-electron chi connectivity index (χ1n) is 7.47. The fraction of sp³-hybridized carbons (Fsp3) is 0.278. The van der Waals surface area contributed by atoms with Crippen molar-refractivity contribution < 1.29 is 14.3 Å². The minimum absolute atomic E-state index is 0.0405. The van der Waals surface area contributed by atoms with Crippen molar-refractivity contribution in [2.45, 2.75) is 25.7 Å². The lowest BCUT2D eigenvalue weighted by Gasteiger charge is -2.17. The first-order chi connectivity index (χ1) is 10.7. The zero-order valence-corrected chi connectivity index (χ0v) is 12.2. The largest absolute Gasteiger partial charge is 0.493 e. The van der Waals surface area contributed by atoms with Crippen LogP contribution in [0.4, 0.5) is 0 Å². The monoisotopic (exact) mass is 295 g/mol. The van der Waals surface area contributed by atoms with Gasteiger partial charge in [-0.2, -0.15) is 0 Å². The molecule has 0 saturated heterocycles. The summed E-state index contributed by atoms with van der Waals surface area (Å²) in [5.41, 5.74) is 2.16. The molecule has 0 saturated carbocycles. The van der Waals surface area contributed by atoms with Crippen molar-refractivity contribution in [3.63, 3.8) is 0 Å². The van der Waals surface area contributed by atoms with Crippen molar-refractivity contribution in [3.8, 4) is 5.75 Å². The molecule has 0 unspecified atom stereocenters.